The quantitative estimate of drug-likeness (QED) is 0.874. The molecule has 0 unspecified atom stereocenters. The summed E-state index contributed by atoms with van der Waals surface area (Å²) in [7, 11) is 0. The molecule has 0 saturated heterocycles. The van der Waals surface area contributed by atoms with Gasteiger partial charge in [-0.2, -0.15) is 0 Å². The molecular formula is C17H21N3O. The molecule has 3 rings (SSSR count). The lowest BCUT2D eigenvalue weighted by molar-refractivity contribution is -0.119. The highest BCUT2D eigenvalue weighted by atomic mass is 16.1. The zero-order valence-electron chi connectivity index (χ0n) is 13.0. The molecule has 1 aromatic heterocycles. The van der Waals surface area contributed by atoms with E-state index >= 15 is 0 Å². The van der Waals surface area contributed by atoms with Crippen LogP contribution in [0, 0.1) is 0 Å². The predicted octanol–water partition coefficient (Wildman–Crippen LogP) is 3.13. The standard InChI is InChI=1S/C17H21N3O/c1-11-12(16(21)19-17(2,3)4)9-10-15-18-13-7-5-6-8-14(13)20(11)15/h5-8H,9-10H2,1-4H3,(H,19,21). The predicted molar refractivity (Wildman–Crippen MR) is 84.8 cm³/mol. The van der Waals surface area contributed by atoms with Crippen LogP contribution in [0.15, 0.2) is 29.8 Å². The first-order valence-electron chi connectivity index (χ1n) is 7.36. The number of aromatic nitrogens is 2. The van der Waals surface area contributed by atoms with E-state index in [2.05, 4.69) is 20.9 Å². The van der Waals surface area contributed by atoms with Crippen molar-refractivity contribution in [2.24, 2.45) is 0 Å². The van der Waals surface area contributed by atoms with Crippen molar-refractivity contribution in [1.29, 1.82) is 0 Å². The number of aryl methyl sites for hydroxylation is 1. The summed E-state index contributed by atoms with van der Waals surface area (Å²) in [5, 5.41) is 3.06. The second-order valence-electron chi connectivity index (χ2n) is 6.62. The van der Waals surface area contributed by atoms with Crippen LogP contribution in [0.3, 0.4) is 0 Å². The summed E-state index contributed by atoms with van der Waals surface area (Å²) in [6.07, 6.45) is 1.55. The van der Waals surface area contributed by atoms with Crippen LogP contribution in [0.1, 0.15) is 39.9 Å². The molecule has 1 aliphatic rings. The summed E-state index contributed by atoms with van der Waals surface area (Å²) in [6.45, 7) is 8.01. The topological polar surface area (TPSA) is 46.9 Å². The number of imidazole rings is 1. The van der Waals surface area contributed by atoms with Crippen molar-refractivity contribution in [1.82, 2.24) is 14.9 Å². The van der Waals surface area contributed by atoms with Crippen LogP contribution in [-0.2, 0) is 11.2 Å². The molecule has 110 valence electrons. The Morgan fingerprint density at radius 1 is 1.24 bits per heavy atom. The van der Waals surface area contributed by atoms with Crippen molar-refractivity contribution >= 4 is 22.6 Å². The lowest BCUT2D eigenvalue weighted by atomic mass is 10.0. The number of fused-ring (bicyclic) bond motifs is 3. The summed E-state index contributed by atoms with van der Waals surface area (Å²) in [4.78, 5) is 17.2. The SMILES string of the molecule is CC1=C(C(=O)NC(C)(C)C)CCc2nc3ccccc3n21. The van der Waals surface area contributed by atoms with Crippen molar-refractivity contribution in [3.05, 3.63) is 35.7 Å². The Bertz CT molecular complexity index is 747. The fraction of sp³-hybridized carbons (Fsp3) is 0.412. The molecule has 4 nitrogen and oxygen atoms in total. The summed E-state index contributed by atoms with van der Waals surface area (Å²) < 4.78 is 2.12. The normalized spacial score (nSPS) is 15.2. The van der Waals surface area contributed by atoms with Crippen LogP contribution in [-0.4, -0.2) is 21.0 Å². The average Bonchev–Trinajstić information content (AvgIpc) is 2.75. The minimum Gasteiger partial charge on any atom is -0.348 e. The Kier molecular flexibility index (Phi) is 3.12. The molecule has 21 heavy (non-hydrogen) atoms. The number of benzene rings is 1. The number of nitrogens with zero attached hydrogens (tertiary/aromatic N) is 2. The highest BCUT2D eigenvalue weighted by molar-refractivity contribution is 6.00. The van der Waals surface area contributed by atoms with Crippen LogP contribution in [0.5, 0.6) is 0 Å². The molecule has 0 radical (unpaired) electrons. The van der Waals surface area contributed by atoms with Gasteiger partial charge in [-0.3, -0.25) is 9.36 Å². The first-order valence-corrected chi connectivity index (χ1v) is 7.36. The molecule has 0 spiro atoms. The molecular weight excluding hydrogens is 262 g/mol. The Morgan fingerprint density at radius 3 is 2.67 bits per heavy atom. The zero-order valence-corrected chi connectivity index (χ0v) is 13.0. The second-order valence-corrected chi connectivity index (χ2v) is 6.62. The van der Waals surface area contributed by atoms with Gasteiger partial charge in [-0.15, -0.1) is 0 Å². The summed E-state index contributed by atoms with van der Waals surface area (Å²) in [6, 6.07) is 8.07. The van der Waals surface area contributed by atoms with E-state index in [4.69, 9.17) is 0 Å². The van der Waals surface area contributed by atoms with E-state index in [0.29, 0.717) is 0 Å². The summed E-state index contributed by atoms with van der Waals surface area (Å²) >= 11 is 0. The zero-order chi connectivity index (χ0) is 15.2. The molecule has 0 bridgehead atoms. The van der Waals surface area contributed by atoms with Gasteiger partial charge in [0.05, 0.1) is 11.0 Å². The van der Waals surface area contributed by atoms with Crippen LogP contribution in [0.25, 0.3) is 16.7 Å². The highest BCUT2D eigenvalue weighted by Crippen LogP contribution is 2.29. The molecule has 1 aliphatic heterocycles. The van der Waals surface area contributed by atoms with Crippen molar-refractivity contribution in [3.8, 4) is 0 Å². The van der Waals surface area contributed by atoms with Gasteiger partial charge in [0, 0.05) is 23.2 Å². The van der Waals surface area contributed by atoms with Gasteiger partial charge in [-0.1, -0.05) is 12.1 Å². The van der Waals surface area contributed by atoms with E-state index in [0.717, 1.165) is 41.0 Å². The van der Waals surface area contributed by atoms with E-state index in [9.17, 15) is 4.79 Å². The van der Waals surface area contributed by atoms with E-state index < -0.39 is 0 Å². The van der Waals surface area contributed by atoms with Crippen molar-refractivity contribution < 1.29 is 4.79 Å². The third kappa shape index (κ3) is 2.46. The minimum absolute atomic E-state index is 0.0310. The Morgan fingerprint density at radius 2 is 1.95 bits per heavy atom. The lowest BCUT2D eigenvalue weighted by Crippen LogP contribution is -2.42. The van der Waals surface area contributed by atoms with Gasteiger partial charge >= 0.3 is 0 Å². The monoisotopic (exact) mass is 283 g/mol. The third-order valence-corrected chi connectivity index (χ3v) is 3.76. The number of hydrogen-bond donors (Lipinski definition) is 1. The molecule has 0 saturated carbocycles. The molecule has 2 heterocycles. The fourth-order valence-electron chi connectivity index (χ4n) is 2.86. The average molecular weight is 283 g/mol. The number of amides is 1. The first-order chi connectivity index (χ1) is 9.87. The molecule has 0 atom stereocenters. The van der Waals surface area contributed by atoms with Crippen LogP contribution in [0.2, 0.25) is 0 Å². The van der Waals surface area contributed by atoms with Crippen molar-refractivity contribution in [3.63, 3.8) is 0 Å². The van der Waals surface area contributed by atoms with E-state index in [1.807, 2.05) is 45.9 Å². The number of carbonyl (C=O) groups excluding carboxylic acids is 1. The Labute approximate surface area is 124 Å². The Balaban J connectivity index is 2.08. The fourth-order valence-corrected chi connectivity index (χ4v) is 2.86. The molecule has 1 aromatic carbocycles. The smallest absolute Gasteiger partial charge is 0.249 e. The van der Waals surface area contributed by atoms with E-state index in [1.54, 1.807) is 0 Å². The van der Waals surface area contributed by atoms with Crippen molar-refractivity contribution in [2.45, 2.75) is 46.1 Å². The van der Waals surface area contributed by atoms with E-state index in [1.165, 1.54) is 0 Å². The largest absolute Gasteiger partial charge is 0.348 e. The second kappa shape index (κ2) is 4.72. The molecule has 0 aliphatic carbocycles. The first kappa shape index (κ1) is 13.9. The maximum Gasteiger partial charge on any atom is 0.249 e. The molecule has 4 heteroatoms. The maximum absolute atomic E-state index is 12.5. The molecule has 2 aromatic rings. The highest BCUT2D eigenvalue weighted by Gasteiger charge is 2.25. The van der Waals surface area contributed by atoms with Crippen LogP contribution >= 0.6 is 0 Å². The summed E-state index contributed by atoms with van der Waals surface area (Å²) in [5.41, 5.74) is 3.70. The van der Waals surface area contributed by atoms with Crippen LogP contribution in [0.4, 0.5) is 0 Å². The summed E-state index contributed by atoms with van der Waals surface area (Å²) in [5.74, 6) is 1.07. The molecule has 0 fully saturated rings. The van der Waals surface area contributed by atoms with Crippen molar-refractivity contribution in [2.75, 3.05) is 0 Å². The number of para-hydroxylation sites is 2. The number of rotatable bonds is 1. The lowest BCUT2D eigenvalue weighted by Gasteiger charge is -2.25. The maximum atomic E-state index is 12.5. The molecule has 1 N–H and O–H groups in total. The van der Waals surface area contributed by atoms with Gasteiger partial charge in [-0.05, 0) is 46.2 Å². The number of nitrogens with one attached hydrogen (secondary N) is 1. The van der Waals surface area contributed by atoms with Gasteiger partial charge in [0.2, 0.25) is 5.91 Å². The van der Waals surface area contributed by atoms with Gasteiger partial charge in [0.15, 0.2) is 0 Å². The van der Waals surface area contributed by atoms with Crippen LogP contribution < -0.4 is 5.32 Å². The van der Waals surface area contributed by atoms with Gasteiger partial charge in [-0.25, -0.2) is 4.98 Å². The van der Waals surface area contributed by atoms with Gasteiger partial charge < -0.3 is 5.32 Å². The Hall–Kier alpha value is -2.10. The minimum atomic E-state index is -0.221. The number of hydrogen-bond acceptors (Lipinski definition) is 2. The molecule has 1 amide bonds. The number of carbonyl (C=O) groups is 1. The third-order valence-electron chi connectivity index (χ3n) is 3.76. The number of allylic oxidation sites excluding steroid dienone is 1. The van der Waals surface area contributed by atoms with Gasteiger partial charge in [0.1, 0.15) is 5.82 Å². The van der Waals surface area contributed by atoms with E-state index in [-0.39, 0.29) is 11.4 Å². The van der Waals surface area contributed by atoms with Gasteiger partial charge in [0.25, 0.3) is 0 Å².